The van der Waals surface area contributed by atoms with Gasteiger partial charge in [-0.2, -0.15) is 0 Å². The fourth-order valence-electron chi connectivity index (χ4n) is 6.08. The van der Waals surface area contributed by atoms with E-state index in [1.807, 2.05) is 13.8 Å². The number of rotatable bonds is 9. The van der Waals surface area contributed by atoms with E-state index in [0.29, 0.717) is 27.6 Å². The van der Waals surface area contributed by atoms with Crippen molar-refractivity contribution in [3.8, 4) is 0 Å². The molecule has 1 aromatic rings. The van der Waals surface area contributed by atoms with Crippen molar-refractivity contribution in [2.24, 2.45) is 33.5 Å². The molecule has 34 heavy (non-hydrogen) atoms. The fraction of sp³-hybridized carbons (Fsp3) is 0.818. The molecule has 0 saturated carbocycles. The van der Waals surface area contributed by atoms with Gasteiger partial charge in [-0.05, 0) is 84.1 Å². The summed E-state index contributed by atoms with van der Waals surface area (Å²) in [4.78, 5) is 2.58. The Morgan fingerprint density at radius 2 is 1.24 bits per heavy atom. The van der Waals surface area contributed by atoms with Gasteiger partial charge in [0, 0.05) is 13.1 Å². The Balaban J connectivity index is 0.00000281. The summed E-state index contributed by atoms with van der Waals surface area (Å²) >= 11 is 0. The molecule has 1 aromatic carbocycles. The molecule has 1 heteroatoms. The lowest BCUT2D eigenvalue weighted by atomic mass is 9.60. The van der Waals surface area contributed by atoms with Crippen molar-refractivity contribution >= 4 is 0 Å². The highest BCUT2D eigenvalue weighted by Crippen LogP contribution is 2.51. The molecule has 0 N–H and O–H groups in total. The molecule has 0 aromatic heterocycles. The predicted molar refractivity (Wildman–Crippen MR) is 155 cm³/mol. The van der Waals surface area contributed by atoms with Gasteiger partial charge in [-0.1, -0.05) is 113 Å². The van der Waals surface area contributed by atoms with Crippen LogP contribution in [0.15, 0.2) is 30.3 Å². The fourth-order valence-corrected chi connectivity index (χ4v) is 6.08. The van der Waals surface area contributed by atoms with Gasteiger partial charge >= 0.3 is 0 Å². The van der Waals surface area contributed by atoms with Gasteiger partial charge in [-0.25, -0.2) is 0 Å². The van der Waals surface area contributed by atoms with Gasteiger partial charge in [0.15, 0.2) is 0 Å². The summed E-state index contributed by atoms with van der Waals surface area (Å²) in [5, 5.41) is 0. The van der Waals surface area contributed by atoms with Crippen molar-refractivity contribution in [2.45, 2.75) is 121 Å². The van der Waals surface area contributed by atoms with E-state index in [0.717, 1.165) is 11.8 Å². The Morgan fingerprint density at radius 1 is 0.735 bits per heavy atom. The summed E-state index contributed by atoms with van der Waals surface area (Å²) in [5.74, 6) is 2.32. The van der Waals surface area contributed by atoms with Crippen molar-refractivity contribution in [3.63, 3.8) is 0 Å². The second-order valence-corrected chi connectivity index (χ2v) is 14.9. The maximum atomic E-state index is 2.58. The van der Waals surface area contributed by atoms with Crippen LogP contribution >= 0.6 is 0 Å². The van der Waals surface area contributed by atoms with Gasteiger partial charge in [0.2, 0.25) is 0 Å². The smallest absolute Gasteiger partial charge is 0.00101 e. The van der Waals surface area contributed by atoms with Crippen LogP contribution in [-0.4, -0.2) is 25.0 Å². The Morgan fingerprint density at radius 3 is 1.71 bits per heavy atom. The summed E-state index contributed by atoms with van der Waals surface area (Å²) < 4.78 is 0. The quantitative estimate of drug-likeness (QED) is 0.346. The summed E-state index contributed by atoms with van der Waals surface area (Å²) in [6.07, 6.45) is 6.53. The zero-order valence-electron chi connectivity index (χ0n) is 25.5. The average molecular weight is 472 g/mol. The van der Waals surface area contributed by atoms with E-state index in [1.54, 1.807) is 0 Å². The first-order valence-electron chi connectivity index (χ1n) is 14.2. The second-order valence-electron chi connectivity index (χ2n) is 14.9. The molecule has 0 spiro atoms. The molecule has 1 saturated heterocycles. The van der Waals surface area contributed by atoms with Crippen molar-refractivity contribution in [3.05, 3.63) is 35.9 Å². The molecule has 0 aliphatic carbocycles. The summed E-state index contributed by atoms with van der Waals surface area (Å²) in [7, 11) is 2.32. The minimum atomic E-state index is 0.325. The molecular formula is C33H61N. The Labute approximate surface area is 215 Å². The van der Waals surface area contributed by atoms with Crippen LogP contribution in [0.4, 0.5) is 0 Å². The lowest BCUT2D eigenvalue weighted by Crippen LogP contribution is -2.36. The summed E-state index contributed by atoms with van der Waals surface area (Å²) in [6.45, 7) is 31.2. The normalized spacial score (nSPS) is 21.2. The molecule has 1 heterocycles. The third-order valence-corrected chi connectivity index (χ3v) is 8.49. The highest BCUT2D eigenvalue weighted by atomic mass is 15.1. The predicted octanol–water partition coefficient (Wildman–Crippen LogP) is 10.1. The van der Waals surface area contributed by atoms with Gasteiger partial charge in [-0.3, -0.25) is 0 Å². The highest BCUT2D eigenvalue weighted by molar-refractivity contribution is 5.20. The van der Waals surface area contributed by atoms with Crippen molar-refractivity contribution in [2.75, 3.05) is 20.1 Å². The Bertz CT molecular complexity index is 685. The zero-order valence-corrected chi connectivity index (χ0v) is 25.5. The molecule has 1 aliphatic heterocycles. The topological polar surface area (TPSA) is 3.24 Å². The minimum absolute atomic E-state index is 0.325. The third-order valence-electron chi connectivity index (χ3n) is 8.49. The first-order valence-corrected chi connectivity index (χ1v) is 14.2. The molecule has 1 fully saturated rings. The molecule has 0 radical (unpaired) electrons. The molecule has 1 aliphatic rings. The van der Waals surface area contributed by atoms with Crippen LogP contribution in [0.2, 0.25) is 0 Å². The maximum Gasteiger partial charge on any atom is 0.00101 e. The maximum absolute atomic E-state index is 2.58. The number of nitrogens with zero attached hydrogens (tertiary/aromatic N) is 1. The van der Waals surface area contributed by atoms with Crippen LogP contribution in [0.1, 0.15) is 127 Å². The second kappa shape index (κ2) is 12.4. The van der Waals surface area contributed by atoms with E-state index >= 15 is 0 Å². The third kappa shape index (κ3) is 10.0. The van der Waals surface area contributed by atoms with Crippen LogP contribution in [0.5, 0.6) is 0 Å². The van der Waals surface area contributed by atoms with Crippen molar-refractivity contribution in [1.82, 2.24) is 4.90 Å². The summed E-state index contributed by atoms with van der Waals surface area (Å²) in [6, 6.07) is 11.3. The number of hydrogen-bond acceptors (Lipinski definition) is 1. The standard InChI is InChI=1S/C31H55N.C2H6/c1-28(2,3)19-25(24-15-13-12-14-16-24)17-18-30(7,8)31(9,10)21-27-23-32(11)22-26(27)20-29(4,5)6;1-2/h12-16,25-27H,17-23H2,1-11H3;1-2H3. The highest BCUT2D eigenvalue weighted by Gasteiger charge is 2.43. The van der Waals surface area contributed by atoms with Crippen LogP contribution in [0.25, 0.3) is 0 Å². The molecule has 198 valence electrons. The minimum Gasteiger partial charge on any atom is -0.306 e. The molecule has 2 rings (SSSR count). The monoisotopic (exact) mass is 471 g/mol. The van der Waals surface area contributed by atoms with E-state index in [9.17, 15) is 0 Å². The Hall–Kier alpha value is -0.820. The van der Waals surface area contributed by atoms with Gasteiger partial charge in [-0.15, -0.1) is 0 Å². The van der Waals surface area contributed by atoms with Gasteiger partial charge < -0.3 is 4.90 Å². The zero-order chi connectivity index (χ0) is 26.4. The van der Waals surface area contributed by atoms with E-state index < -0.39 is 0 Å². The van der Waals surface area contributed by atoms with Crippen LogP contribution in [0, 0.1) is 33.5 Å². The Kier molecular flexibility index (Phi) is 11.4. The van der Waals surface area contributed by atoms with Crippen molar-refractivity contribution < 1.29 is 0 Å². The van der Waals surface area contributed by atoms with Crippen molar-refractivity contribution in [1.29, 1.82) is 0 Å². The van der Waals surface area contributed by atoms with Crippen LogP contribution < -0.4 is 0 Å². The number of hydrogen-bond donors (Lipinski definition) is 0. The average Bonchev–Trinajstić information content (AvgIpc) is 3.02. The van der Waals surface area contributed by atoms with Crippen LogP contribution in [0.3, 0.4) is 0 Å². The lowest BCUT2D eigenvalue weighted by molar-refractivity contribution is 0.0536. The van der Waals surface area contributed by atoms with Gasteiger partial charge in [0.1, 0.15) is 0 Å². The number of benzene rings is 1. The molecule has 3 unspecified atom stereocenters. The molecular weight excluding hydrogens is 410 g/mol. The molecule has 3 atom stereocenters. The first-order chi connectivity index (χ1) is 15.5. The first kappa shape index (κ1) is 31.2. The SMILES string of the molecule is CC.CN1CC(CC(C)(C)C)C(CC(C)(C)C(C)(C)CCC(CC(C)(C)C)c2ccccc2)C1. The molecule has 0 amide bonds. The van der Waals surface area contributed by atoms with E-state index in [4.69, 9.17) is 0 Å². The van der Waals surface area contributed by atoms with Gasteiger partial charge in [0.05, 0.1) is 0 Å². The largest absolute Gasteiger partial charge is 0.306 e. The lowest BCUT2D eigenvalue weighted by Gasteiger charge is -2.45. The number of likely N-dealkylation sites (tertiary alicyclic amines) is 1. The van der Waals surface area contributed by atoms with E-state index in [-0.39, 0.29) is 0 Å². The molecule has 1 nitrogen and oxygen atoms in total. The van der Waals surface area contributed by atoms with E-state index in [1.165, 1.54) is 50.8 Å². The molecule has 0 bridgehead atoms. The summed E-state index contributed by atoms with van der Waals surface area (Å²) in [5.41, 5.74) is 2.96. The van der Waals surface area contributed by atoms with E-state index in [2.05, 4.69) is 112 Å². The van der Waals surface area contributed by atoms with Crippen LogP contribution in [-0.2, 0) is 0 Å². The van der Waals surface area contributed by atoms with Gasteiger partial charge in [0.25, 0.3) is 0 Å².